The smallest absolute Gasteiger partial charge is 0.184 e. The Kier molecular flexibility index (Phi) is 3.69. The van der Waals surface area contributed by atoms with Crippen LogP contribution in [0.1, 0.15) is 13.8 Å². The Balaban J connectivity index is 2.78. The highest BCUT2D eigenvalue weighted by molar-refractivity contribution is 5.10. The lowest BCUT2D eigenvalue weighted by molar-refractivity contribution is -0.144. The van der Waals surface area contributed by atoms with Gasteiger partial charge in [0, 0.05) is 0 Å². The van der Waals surface area contributed by atoms with Crippen molar-refractivity contribution in [3.63, 3.8) is 0 Å². The average Bonchev–Trinajstić information content (AvgIpc) is 2.43. The Morgan fingerprint density at radius 2 is 1.67 bits per heavy atom. The number of aliphatic hydroxyl groups excluding tert-OH is 5. The van der Waals surface area contributed by atoms with E-state index < -0.39 is 30.7 Å². The van der Waals surface area contributed by atoms with E-state index >= 15 is 0 Å². The van der Waals surface area contributed by atoms with Crippen molar-refractivity contribution in [2.45, 2.75) is 44.6 Å². The van der Waals surface area contributed by atoms with Crippen LogP contribution in [-0.2, 0) is 4.74 Å². The third kappa shape index (κ3) is 2.30. The second-order valence-electron chi connectivity index (χ2n) is 3.80. The summed E-state index contributed by atoms with van der Waals surface area (Å²) in [5.41, 5.74) is 0.467. The quantitative estimate of drug-likeness (QED) is 0.367. The molecule has 0 aromatic carbocycles. The molecular weight excluding hydrogens is 204 g/mol. The van der Waals surface area contributed by atoms with Crippen molar-refractivity contribution in [2.24, 2.45) is 0 Å². The lowest BCUT2D eigenvalue weighted by Gasteiger charge is -2.20. The Morgan fingerprint density at radius 3 is 2.00 bits per heavy atom. The summed E-state index contributed by atoms with van der Waals surface area (Å²) in [6.07, 6.45) is -7.16. The van der Waals surface area contributed by atoms with E-state index in [1.165, 1.54) is 0 Å². The van der Waals surface area contributed by atoms with Crippen LogP contribution in [0, 0.1) is 0 Å². The van der Waals surface area contributed by atoms with Gasteiger partial charge < -0.3 is 30.3 Å². The monoisotopic (exact) mass is 220 g/mol. The molecule has 0 radical (unpaired) electrons. The minimum Gasteiger partial charge on any atom is -0.510 e. The van der Waals surface area contributed by atoms with Crippen LogP contribution in [-0.4, -0.2) is 56.2 Å². The minimum absolute atomic E-state index is 0.333. The van der Waals surface area contributed by atoms with Crippen LogP contribution in [0.25, 0.3) is 0 Å². The summed E-state index contributed by atoms with van der Waals surface area (Å²) in [5.74, 6) is -0.333. The van der Waals surface area contributed by atoms with E-state index in [9.17, 15) is 20.4 Å². The topological polar surface area (TPSA) is 110 Å². The number of ether oxygens (including phenoxy) is 1. The number of hydrogen-bond acceptors (Lipinski definition) is 6. The largest absolute Gasteiger partial charge is 0.510 e. The first-order valence-electron chi connectivity index (χ1n) is 4.60. The molecule has 5 N–H and O–H groups in total. The third-order valence-electron chi connectivity index (χ3n) is 2.38. The zero-order valence-corrected chi connectivity index (χ0v) is 8.53. The maximum absolute atomic E-state index is 9.58. The summed E-state index contributed by atoms with van der Waals surface area (Å²) >= 11 is 0. The van der Waals surface area contributed by atoms with E-state index in [0.29, 0.717) is 5.57 Å². The molecule has 1 aliphatic heterocycles. The summed E-state index contributed by atoms with van der Waals surface area (Å²) < 4.78 is 4.73. The van der Waals surface area contributed by atoms with Crippen molar-refractivity contribution < 1.29 is 30.3 Å². The molecule has 6 heteroatoms. The predicted molar refractivity (Wildman–Crippen MR) is 49.9 cm³/mol. The molecule has 6 nitrogen and oxygen atoms in total. The maximum atomic E-state index is 9.58. The second kappa shape index (κ2) is 4.46. The van der Waals surface area contributed by atoms with Crippen LogP contribution in [0.5, 0.6) is 0 Å². The van der Waals surface area contributed by atoms with Gasteiger partial charge in [0.2, 0.25) is 0 Å². The highest BCUT2D eigenvalue weighted by atomic mass is 16.6. The van der Waals surface area contributed by atoms with Gasteiger partial charge in [-0.3, -0.25) is 0 Å². The highest BCUT2D eigenvalue weighted by Gasteiger charge is 2.46. The Labute approximate surface area is 87.0 Å². The molecule has 1 saturated heterocycles. The fourth-order valence-corrected chi connectivity index (χ4v) is 1.40. The van der Waals surface area contributed by atoms with E-state index in [1.807, 2.05) is 0 Å². The first-order valence-corrected chi connectivity index (χ1v) is 4.60. The van der Waals surface area contributed by atoms with Crippen molar-refractivity contribution in [1.82, 2.24) is 0 Å². The number of rotatable bonds is 2. The Hall–Kier alpha value is -0.660. The van der Waals surface area contributed by atoms with Crippen molar-refractivity contribution in [2.75, 3.05) is 0 Å². The molecule has 0 bridgehead atoms. The van der Waals surface area contributed by atoms with Crippen molar-refractivity contribution in [1.29, 1.82) is 0 Å². The molecule has 88 valence electrons. The van der Waals surface area contributed by atoms with Gasteiger partial charge in [-0.1, -0.05) is 0 Å². The van der Waals surface area contributed by atoms with Gasteiger partial charge in [0.1, 0.15) is 30.2 Å². The molecule has 0 aromatic rings. The number of aliphatic hydroxyl groups is 5. The molecule has 1 unspecified atom stereocenters. The highest BCUT2D eigenvalue weighted by Crippen LogP contribution is 2.25. The first-order chi connectivity index (χ1) is 6.86. The van der Waals surface area contributed by atoms with Gasteiger partial charge in [-0.05, 0) is 19.4 Å². The Morgan fingerprint density at radius 1 is 1.13 bits per heavy atom. The Bertz CT molecular complexity index is 259. The zero-order valence-electron chi connectivity index (χ0n) is 8.53. The average molecular weight is 220 g/mol. The summed E-state index contributed by atoms with van der Waals surface area (Å²) in [6, 6.07) is 0. The van der Waals surface area contributed by atoms with E-state index in [4.69, 9.17) is 9.84 Å². The summed E-state index contributed by atoms with van der Waals surface area (Å²) in [4.78, 5) is 0. The molecule has 15 heavy (non-hydrogen) atoms. The van der Waals surface area contributed by atoms with Gasteiger partial charge in [-0.25, -0.2) is 0 Å². The van der Waals surface area contributed by atoms with Crippen molar-refractivity contribution in [3.8, 4) is 0 Å². The van der Waals surface area contributed by atoms with Crippen LogP contribution in [0.4, 0.5) is 0 Å². The molecule has 1 aliphatic rings. The van der Waals surface area contributed by atoms with Crippen molar-refractivity contribution >= 4 is 0 Å². The normalized spacial score (nSPS) is 37.7. The van der Waals surface area contributed by atoms with Gasteiger partial charge in [0.05, 0.1) is 0 Å². The van der Waals surface area contributed by atoms with Crippen LogP contribution >= 0.6 is 0 Å². The van der Waals surface area contributed by atoms with Crippen LogP contribution in [0.2, 0.25) is 0 Å². The minimum atomic E-state index is -1.55. The first kappa shape index (κ1) is 12.4. The zero-order chi connectivity index (χ0) is 11.7. The van der Waals surface area contributed by atoms with Gasteiger partial charge in [0.15, 0.2) is 6.29 Å². The summed E-state index contributed by atoms with van der Waals surface area (Å²) in [5, 5.41) is 46.6. The molecule has 1 heterocycles. The van der Waals surface area contributed by atoms with Crippen molar-refractivity contribution in [3.05, 3.63) is 11.3 Å². The molecular formula is C9H16O6. The molecule has 1 rings (SSSR count). The summed E-state index contributed by atoms with van der Waals surface area (Å²) in [6.45, 7) is 3.15. The maximum Gasteiger partial charge on any atom is 0.184 e. The lowest BCUT2D eigenvalue weighted by atomic mass is 10.0. The van der Waals surface area contributed by atoms with E-state index in [0.717, 1.165) is 0 Å². The molecule has 0 spiro atoms. The number of hydrogen-bond donors (Lipinski definition) is 5. The second-order valence-corrected chi connectivity index (χ2v) is 3.80. The fourth-order valence-electron chi connectivity index (χ4n) is 1.40. The van der Waals surface area contributed by atoms with E-state index in [-0.39, 0.29) is 5.76 Å². The summed E-state index contributed by atoms with van der Waals surface area (Å²) in [7, 11) is 0. The van der Waals surface area contributed by atoms with E-state index in [2.05, 4.69) is 0 Å². The van der Waals surface area contributed by atoms with E-state index in [1.54, 1.807) is 13.8 Å². The number of allylic oxidation sites excluding steroid dienone is 1. The molecule has 0 aliphatic carbocycles. The van der Waals surface area contributed by atoms with Crippen LogP contribution in [0.3, 0.4) is 0 Å². The SMILES string of the molecule is CC(C)=C(O)[C@@H](O)[C@@H]1OC(O)[C@@H](O)[C@@H]1O. The van der Waals surface area contributed by atoms with Crippen LogP contribution in [0.15, 0.2) is 11.3 Å². The molecule has 0 saturated carbocycles. The molecule has 0 amide bonds. The molecule has 5 atom stereocenters. The van der Waals surface area contributed by atoms with Gasteiger partial charge >= 0.3 is 0 Å². The molecule has 0 aromatic heterocycles. The van der Waals surface area contributed by atoms with Crippen LogP contribution < -0.4 is 0 Å². The van der Waals surface area contributed by atoms with Gasteiger partial charge in [-0.2, -0.15) is 0 Å². The molecule has 1 fully saturated rings. The fraction of sp³-hybridized carbons (Fsp3) is 0.778. The van der Waals surface area contributed by atoms with Gasteiger partial charge in [-0.15, -0.1) is 0 Å². The predicted octanol–water partition coefficient (Wildman–Crippen LogP) is -1.36. The standard InChI is InChI=1S/C9H16O6/c1-3(2)4(10)5(11)8-6(12)7(13)9(14)15-8/h5-14H,1-2H3/t5-,6+,7+,8+,9?/m1/s1. The van der Waals surface area contributed by atoms with Gasteiger partial charge in [0.25, 0.3) is 0 Å². The lowest BCUT2D eigenvalue weighted by Crippen LogP contribution is -2.40. The third-order valence-corrected chi connectivity index (χ3v) is 2.38.